The number of esters is 2. The second kappa shape index (κ2) is 9.73. The van der Waals surface area contributed by atoms with Crippen LogP contribution in [0.4, 0.5) is 0 Å². The molecule has 3 rings (SSSR count). The highest BCUT2D eigenvalue weighted by atomic mass is 16.6. The fraction of sp³-hybridized carbons (Fsp3) is 0.545. The minimum absolute atomic E-state index is 0.0232. The fourth-order valence-electron chi connectivity index (χ4n) is 4.20. The van der Waals surface area contributed by atoms with Gasteiger partial charge in [0.1, 0.15) is 17.8 Å². The van der Waals surface area contributed by atoms with Crippen molar-refractivity contribution in [2.24, 2.45) is 27.6 Å². The summed E-state index contributed by atoms with van der Waals surface area (Å²) in [5.74, 6) is -1.32. The van der Waals surface area contributed by atoms with Gasteiger partial charge in [0.2, 0.25) is 5.96 Å². The molecule has 4 atom stereocenters. The number of hydrogen-bond donors (Lipinski definition) is 2. The summed E-state index contributed by atoms with van der Waals surface area (Å²) >= 11 is 0. The second-order valence-electron chi connectivity index (χ2n) is 7.78. The van der Waals surface area contributed by atoms with Gasteiger partial charge in [-0.25, -0.2) is 9.98 Å². The Morgan fingerprint density at radius 3 is 2.73 bits per heavy atom. The molecule has 1 heterocycles. The quantitative estimate of drug-likeness (QED) is 0.689. The summed E-state index contributed by atoms with van der Waals surface area (Å²) in [6, 6.07) is 5.99. The maximum Gasteiger partial charge on any atom is 0.317 e. The van der Waals surface area contributed by atoms with Gasteiger partial charge >= 0.3 is 11.9 Å². The standard InChI is InChI=1S/C22H29N3O5/c1-3-17-19(20(25-22(23)24-17)14-8-6-9-16(27)11-14)21(28)29-12-15-7-4-5-10-18(15)30-13(2)26/h6,8-9,11,15,18-20,27H,3-5,7,10,12H2,1-2H3,(H2,23,25). The fourth-order valence-corrected chi connectivity index (χ4v) is 4.20. The van der Waals surface area contributed by atoms with Crippen LogP contribution >= 0.6 is 0 Å². The molecule has 1 fully saturated rings. The molecule has 1 saturated carbocycles. The predicted octanol–water partition coefficient (Wildman–Crippen LogP) is 2.89. The Morgan fingerprint density at radius 1 is 1.27 bits per heavy atom. The third-order valence-corrected chi connectivity index (χ3v) is 5.63. The van der Waals surface area contributed by atoms with Crippen molar-refractivity contribution in [3.05, 3.63) is 29.8 Å². The number of ether oxygens (including phenoxy) is 2. The molecule has 4 unspecified atom stereocenters. The van der Waals surface area contributed by atoms with E-state index >= 15 is 0 Å². The Labute approximate surface area is 176 Å². The minimum atomic E-state index is -0.722. The first-order chi connectivity index (χ1) is 14.4. The van der Waals surface area contributed by atoms with E-state index in [4.69, 9.17) is 15.2 Å². The molecule has 0 spiro atoms. The van der Waals surface area contributed by atoms with Gasteiger partial charge < -0.3 is 20.3 Å². The topological polar surface area (TPSA) is 124 Å². The van der Waals surface area contributed by atoms with Crippen LogP contribution in [0.25, 0.3) is 0 Å². The first kappa shape index (κ1) is 21.8. The van der Waals surface area contributed by atoms with Gasteiger partial charge in [0.05, 0.1) is 12.6 Å². The summed E-state index contributed by atoms with van der Waals surface area (Å²) in [6.07, 6.45) is 3.91. The van der Waals surface area contributed by atoms with Gasteiger partial charge in [0.25, 0.3) is 0 Å². The van der Waals surface area contributed by atoms with Gasteiger partial charge in [-0.2, -0.15) is 0 Å². The molecule has 0 bridgehead atoms. The molecule has 30 heavy (non-hydrogen) atoms. The van der Waals surface area contributed by atoms with Crippen molar-refractivity contribution in [3.8, 4) is 5.75 Å². The van der Waals surface area contributed by atoms with Crippen LogP contribution in [0.2, 0.25) is 0 Å². The summed E-state index contributed by atoms with van der Waals surface area (Å²) in [4.78, 5) is 33.2. The van der Waals surface area contributed by atoms with E-state index in [2.05, 4.69) is 9.98 Å². The van der Waals surface area contributed by atoms with Crippen LogP contribution in [0, 0.1) is 11.8 Å². The Hall–Kier alpha value is -2.90. The number of hydrogen-bond acceptors (Lipinski definition) is 8. The molecule has 1 aromatic carbocycles. The van der Waals surface area contributed by atoms with E-state index in [1.165, 1.54) is 6.92 Å². The van der Waals surface area contributed by atoms with Crippen molar-refractivity contribution < 1.29 is 24.2 Å². The van der Waals surface area contributed by atoms with E-state index in [-0.39, 0.29) is 36.3 Å². The lowest BCUT2D eigenvalue weighted by Crippen LogP contribution is -2.38. The average Bonchev–Trinajstić information content (AvgIpc) is 2.71. The average molecular weight is 415 g/mol. The van der Waals surface area contributed by atoms with E-state index in [9.17, 15) is 14.7 Å². The summed E-state index contributed by atoms with van der Waals surface area (Å²) < 4.78 is 11.1. The molecule has 8 nitrogen and oxygen atoms in total. The molecule has 0 aromatic heterocycles. The first-order valence-corrected chi connectivity index (χ1v) is 10.4. The maximum atomic E-state index is 13.1. The van der Waals surface area contributed by atoms with Crippen molar-refractivity contribution in [1.29, 1.82) is 0 Å². The largest absolute Gasteiger partial charge is 0.508 e. The van der Waals surface area contributed by atoms with Crippen LogP contribution in [0.1, 0.15) is 57.6 Å². The number of rotatable bonds is 6. The third kappa shape index (κ3) is 5.17. The number of phenolic OH excluding ortho intramolecular Hbond substituents is 1. The minimum Gasteiger partial charge on any atom is -0.508 e. The van der Waals surface area contributed by atoms with Gasteiger partial charge in [0, 0.05) is 18.6 Å². The molecule has 0 saturated heterocycles. The number of carbonyl (C=O) groups is 2. The molecule has 1 aromatic rings. The lowest BCUT2D eigenvalue weighted by Gasteiger charge is -2.32. The van der Waals surface area contributed by atoms with Crippen LogP contribution in [-0.4, -0.2) is 41.4 Å². The lowest BCUT2D eigenvalue weighted by atomic mass is 9.86. The molecular formula is C22H29N3O5. The SMILES string of the molecule is CCC1=NC(N)=NC(c2cccc(O)c2)C1C(=O)OCC1CCCCC1OC(C)=O. The molecule has 0 radical (unpaired) electrons. The maximum absolute atomic E-state index is 13.1. The summed E-state index contributed by atoms with van der Waals surface area (Å²) in [5, 5.41) is 9.86. The normalized spacial score (nSPS) is 26.3. The lowest BCUT2D eigenvalue weighted by molar-refractivity contribution is -0.157. The number of nitrogens with two attached hydrogens (primary N) is 1. The van der Waals surface area contributed by atoms with Gasteiger partial charge in [-0.05, 0) is 43.4 Å². The van der Waals surface area contributed by atoms with E-state index in [0.29, 0.717) is 17.7 Å². The molecule has 1 aliphatic heterocycles. The van der Waals surface area contributed by atoms with E-state index in [1.54, 1.807) is 24.3 Å². The highest BCUT2D eigenvalue weighted by molar-refractivity contribution is 6.09. The third-order valence-electron chi connectivity index (χ3n) is 5.63. The Kier molecular flexibility index (Phi) is 7.07. The molecular weight excluding hydrogens is 386 g/mol. The first-order valence-electron chi connectivity index (χ1n) is 10.4. The number of phenols is 1. The molecule has 162 valence electrons. The van der Waals surface area contributed by atoms with Crippen molar-refractivity contribution >= 4 is 23.6 Å². The van der Waals surface area contributed by atoms with Crippen LogP contribution in [0.5, 0.6) is 5.75 Å². The highest BCUT2D eigenvalue weighted by Crippen LogP contribution is 2.34. The Balaban J connectivity index is 1.77. The summed E-state index contributed by atoms with van der Waals surface area (Å²) in [6.45, 7) is 3.47. The van der Waals surface area contributed by atoms with Gasteiger partial charge in [-0.3, -0.25) is 9.59 Å². The van der Waals surface area contributed by atoms with Crippen LogP contribution in [0.15, 0.2) is 34.3 Å². The number of benzene rings is 1. The summed E-state index contributed by atoms with van der Waals surface area (Å²) in [7, 11) is 0. The smallest absolute Gasteiger partial charge is 0.317 e. The van der Waals surface area contributed by atoms with Gasteiger partial charge in [0.15, 0.2) is 0 Å². The molecule has 0 amide bonds. The molecule has 3 N–H and O–H groups in total. The zero-order valence-electron chi connectivity index (χ0n) is 17.4. The van der Waals surface area contributed by atoms with Crippen molar-refractivity contribution in [3.63, 3.8) is 0 Å². The van der Waals surface area contributed by atoms with Crippen LogP contribution in [0.3, 0.4) is 0 Å². The van der Waals surface area contributed by atoms with Crippen molar-refractivity contribution in [2.45, 2.75) is 58.1 Å². The zero-order chi connectivity index (χ0) is 21.7. The highest BCUT2D eigenvalue weighted by Gasteiger charge is 2.38. The van der Waals surface area contributed by atoms with Gasteiger partial charge in [-0.1, -0.05) is 25.5 Å². The van der Waals surface area contributed by atoms with Crippen LogP contribution < -0.4 is 5.73 Å². The molecule has 1 aliphatic carbocycles. The number of aliphatic imine (C=N–C) groups is 2. The Bertz CT molecular complexity index is 851. The van der Waals surface area contributed by atoms with E-state index < -0.39 is 17.9 Å². The number of carbonyl (C=O) groups excluding carboxylic acids is 2. The predicted molar refractivity (Wildman–Crippen MR) is 112 cm³/mol. The van der Waals surface area contributed by atoms with E-state index in [0.717, 1.165) is 25.7 Å². The van der Waals surface area contributed by atoms with E-state index in [1.807, 2.05) is 6.92 Å². The molecule has 8 heteroatoms. The monoisotopic (exact) mass is 415 g/mol. The number of aromatic hydroxyl groups is 1. The number of nitrogens with zero attached hydrogens (tertiary/aromatic N) is 2. The van der Waals surface area contributed by atoms with Crippen molar-refractivity contribution in [2.75, 3.05) is 6.61 Å². The summed E-state index contributed by atoms with van der Waals surface area (Å²) in [5.41, 5.74) is 7.15. The molecule has 2 aliphatic rings. The Morgan fingerprint density at radius 2 is 2.03 bits per heavy atom. The second-order valence-corrected chi connectivity index (χ2v) is 7.78. The number of guanidine groups is 1. The van der Waals surface area contributed by atoms with Crippen LogP contribution in [-0.2, 0) is 19.1 Å². The van der Waals surface area contributed by atoms with Crippen molar-refractivity contribution in [1.82, 2.24) is 0 Å². The zero-order valence-corrected chi connectivity index (χ0v) is 17.4. The van der Waals surface area contributed by atoms with Gasteiger partial charge in [-0.15, -0.1) is 0 Å².